The van der Waals surface area contributed by atoms with Gasteiger partial charge in [-0.15, -0.1) is 11.3 Å². The number of rotatable bonds is 2. The molecule has 3 heteroatoms. The van der Waals surface area contributed by atoms with E-state index in [1.165, 1.54) is 16.9 Å². The smallest absolute Gasteiger partial charge is 0.188 e. The van der Waals surface area contributed by atoms with Gasteiger partial charge in [-0.05, 0) is 26.3 Å². The van der Waals surface area contributed by atoms with Gasteiger partial charge < -0.3 is 0 Å². The molecule has 1 aromatic heterocycles. The van der Waals surface area contributed by atoms with Crippen molar-refractivity contribution in [3.8, 4) is 0 Å². The lowest BCUT2D eigenvalue weighted by Gasteiger charge is -1.94. The van der Waals surface area contributed by atoms with E-state index in [-0.39, 0.29) is 5.78 Å². The second kappa shape index (κ2) is 3.83. The normalized spacial score (nSPS) is 11.8. The summed E-state index contributed by atoms with van der Waals surface area (Å²) in [6.45, 7) is 7.50. The molecule has 0 saturated heterocycles. The lowest BCUT2D eigenvalue weighted by molar-refractivity contribution is 0.101. The van der Waals surface area contributed by atoms with E-state index in [4.69, 9.17) is 0 Å². The largest absolute Gasteiger partial charge is 0.292 e. The molecule has 1 heterocycles. The first kappa shape index (κ1) is 10.1. The van der Waals surface area contributed by atoms with Gasteiger partial charge in [-0.1, -0.05) is 6.08 Å². The zero-order valence-electron chi connectivity index (χ0n) is 8.34. The van der Waals surface area contributed by atoms with Crippen LogP contribution in [0, 0.1) is 6.92 Å². The summed E-state index contributed by atoms with van der Waals surface area (Å²) in [6, 6.07) is 0. The molecule has 0 aliphatic carbocycles. The summed E-state index contributed by atoms with van der Waals surface area (Å²) in [5.41, 5.74) is 2.13. The number of hydrogen-bond donors (Lipinski definition) is 0. The standard InChI is InChI=1S/C10H13NOS/c1-5-6(2)9-7(3)11-10(13-9)8(4)12/h5H,1-4H3/b6-5-. The Morgan fingerprint density at radius 1 is 1.46 bits per heavy atom. The fourth-order valence-electron chi connectivity index (χ4n) is 1.04. The number of hydrogen-bond acceptors (Lipinski definition) is 3. The van der Waals surface area contributed by atoms with E-state index < -0.39 is 0 Å². The molecule has 2 nitrogen and oxygen atoms in total. The lowest BCUT2D eigenvalue weighted by atomic mass is 10.2. The van der Waals surface area contributed by atoms with Gasteiger partial charge in [0.1, 0.15) is 0 Å². The van der Waals surface area contributed by atoms with Crippen LogP contribution in [0.4, 0.5) is 0 Å². The van der Waals surface area contributed by atoms with Crippen LogP contribution in [0.5, 0.6) is 0 Å². The molecule has 1 rings (SSSR count). The van der Waals surface area contributed by atoms with Crippen molar-refractivity contribution < 1.29 is 4.79 Å². The third-order valence-corrected chi connectivity index (χ3v) is 3.28. The number of Topliss-reactive ketones (excluding diaryl/α,β-unsaturated/α-hetero) is 1. The van der Waals surface area contributed by atoms with Crippen LogP contribution in [0.2, 0.25) is 0 Å². The maximum atomic E-state index is 11.1. The van der Waals surface area contributed by atoms with Crippen molar-refractivity contribution in [2.45, 2.75) is 27.7 Å². The number of aromatic nitrogens is 1. The molecule has 0 atom stereocenters. The Labute approximate surface area is 82.3 Å². The first-order valence-corrected chi connectivity index (χ1v) is 4.99. The van der Waals surface area contributed by atoms with Gasteiger partial charge >= 0.3 is 0 Å². The van der Waals surface area contributed by atoms with Crippen LogP contribution in [0.25, 0.3) is 5.57 Å². The summed E-state index contributed by atoms with van der Waals surface area (Å²) >= 11 is 1.47. The van der Waals surface area contributed by atoms with Crippen molar-refractivity contribution in [1.29, 1.82) is 0 Å². The van der Waals surface area contributed by atoms with E-state index in [1.54, 1.807) is 6.92 Å². The number of carbonyl (C=O) groups excluding carboxylic acids is 1. The average molecular weight is 195 g/mol. The molecule has 70 valence electrons. The van der Waals surface area contributed by atoms with Crippen molar-refractivity contribution in [3.05, 3.63) is 21.7 Å². The van der Waals surface area contributed by atoms with E-state index in [0.717, 1.165) is 10.6 Å². The molecule has 0 amide bonds. The Kier molecular flexibility index (Phi) is 2.98. The summed E-state index contributed by atoms with van der Waals surface area (Å²) in [6.07, 6.45) is 2.03. The topological polar surface area (TPSA) is 30.0 Å². The fraction of sp³-hybridized carbons (Fsp3) is 0.400. The van der Waals surface area contributed by atoms with Gasteiger partial charge in [0.15, 0.2) is 10.8 Å². The van der Waals surface area contributed by atoms with Crippen LogP contribution < -0.4 is 0 Å². The van der Waals surface area contributed by atoms with Gasteiger partial charge in [0.05, 0.1) is 10.6 Å². The van der Waals surface area contributed by atoms with Crippen LogP contribution in [0.3, 0.4) is 0 Å². The molecule has 0 N–H and O–H groups in total. The van der Waals surface area contributed by atoms with Crippen molar-refractivity contribution >= 4 is 22.7 Å². The second-order valence-corrected chi connectivity index (χ2v) is 3.96. The predicted molar refractivity (Wildman–Crippen MR) is 56.2 cm³/mol. The SMILES string of the molecule is C/C=C(/C)c1sc(C(C)=O)nc1C. The quantitative estimate of drug-likeness (QED) is 0.679. The summed E-state index contributed by atoms with van der Waals surface area (Å²) in [7, 11) is 0. The highest BCUT2D eigenvalue weighted by molar-refractivity contribution is 7.14. The molecule has 0 unspecified atom stereocenters. The zero-order valence-corrected chi connectivity index (χ0v) is 9.16. The van der Waals surface area contributed by atoms with Gasteiger partial charge in [0, 0.05) is 6.92 Å². The Balaban J connectivity index is 3.18. The third-order valence-electron chi connectivity index (χ3n) is 1.89. The maximum absolute atomic E-state index is 11.1. The monoisotopic (exact) mass is 195 g/mol. The van der Waals surface area contributed by atoms with Crippen LogP contribution in [0.1, 0.15) is 41.1 Å². The third kappa shape index (κ3) is 2.04. The van der Waals surface area contributed by atoms with Crippen molar-refractivity contribution in [1.82, 2.24) is 4.98 Å². The molecule has 0 aromatic carbocycles. The average Bonchev–Trinajstić information content (AvgIpc) is 2.46. The lowest BCUT2D eigenvalue weighted by Crippen LogP contribution is -1.89. The van der Waals surface area contributed by atoms with E-state index >= 15 is 0 Å². The van der Waals surface area contributed by atoms with Crippen molar-refractivity contribution in [2.75, 3.05) is 0 Å². The van der Waals surface area contributed by atoms with Crippen LogP contribution in [-0.2, 0) is 0 Å². The minimum atomic E-state index is 0.0447. The second-order valence-electron chi connectivity index (χ2n) is 2.96. The Morgan fingerprint density at radius 2 is 2.08 bits per heavy atom. The number of aryl methyl sites for hydroxylation is 1. The maximum Gasteiger partial charge on any atom is 0.188 e. The number of carbonyl (C=O) groups is 1. The van der Waals surface area contributed by atoms with E-state index in [0.29, 0.717) is 5.01 Å². The molecular formula is C10H13NOS. The molecule has 0 fully saturated rings. The summed E-state index contributed by atoms with van der Waals surface area (Å²) in [4.78, 5) is 16.4. The molecule has 0 spiro atoms. The first-order valence-electron chi connectivity index (χ1n) is 4.18. The predicted octanol–water partition coefficient (Wildman–Crippen LogP) is 3.08. The number of nitrogens with zero attached hydrogens (tertiary/aromatic N) is 1. The molecular weight excluding hydrogens is 182 g/mol. The van der Waals surface area contributed by atoms with Gasteiger partial charge in [-0.25, -0.2) is 4.98 Å². The van der Waals surface area contributed by atoms with Gasteiger partial charge in [0.25, 0.3) is 0 Å². The molecule has 0 saturated carbocycles. The van der Waals surface area contributed by atoms with E-state index in [2.05, 4.69) is 4.98 Å². The van der Waals surface area contributed by atoms with Crippen LogP contribution in [-0.4, -0.2) is 10.8 Å². The van der Waals surface area contributed by atoms with Gasteiger partial charge in [-0.3, -0.25) is 4.79 Å². The highest BCUT2D eigenvalue weighted by atomic mass is 32.1. The van der Waals surface area contributed by atoms with Gasteiger partial charge in [0.2, 0.25) is 0 Å². The molecule has 0 aliphatic rings. The molecule has 13 heavy (non-hydrogen) atoms. The summed E-state index contributed by atoms with van der Waals surface area (Å²) in [5, 5.41) is 0.605. The Morgan fingerprint density at radius 3 is 2.46 bits per heavy atom. The van der Waals surface area contributed by atoms with E-state index in [9.17, 15) is 4.79 Å². The Hall–Kier alpha value is -0.960. The van der Waals surface area contributed by atoms with Gasteiger partial charge in [-0.2, -0.15) is 0 Å². The minimum absolute atomic E-state index is 0.0447. The first-order chi connectivity index (χ1) is 6.06. The molecule has 0 aliphatic heterocycles. The van der Waals surface area contributed by atoms with E-state index in [1.807, 2.05) is 26.8 Å². The minimum Gasteiger partial charge on any atom is -0.292 e. The Bertz CT molecular complexity index is 363. The number of ketones is 1. The van der Waals surface area contributed by atoms with Crippen molar-refractivity contribution in [3.63, 3.8) is 0 Å². The van der Waals surface area contributed by atoms with Crippen LogP contribution >= 0.6 is 11.3 Å². The molecule has 0 bridgehead atoms. The van der Waals surface area contributed by atoms with Crippen LogP contribution in [0.15, 0.2) is 6.08 Å². The summed E-state index contributed by atoms with van der Waals surface area (Å²) in [5.74, 6) is 0.0447. The summed E-state index contributed by atoms with van der Waals surface area (Å²) < 4.78 is 0. The highest BCUT2D eigenvalue weighted by Crippen LogP contribution is 2.25. The molecule has 0 radical (unpaired) electrons. The number of thiazole rings is 1. The molecule has 1 aromatic rings. The van der Waals surface area contributed by atoms with Crippen molar-refractivity contribution in [2.24, 2.45) is 0 Å². The fourth-order valence-corrected chi connectivity index (χ4v) is 2.04. The number of allylic oxidation sites excluding steroid dienone is 2. The zero-order chi connectivity index (χ0) is 10.0. The highest BCUT2D eigenvalue weighted by Gasteiger charge is 2.11.